The van der Waals surface area contributed by atoms with Gasteiger partial charge in [0, 0.05) is 24.2 Å². The van der Waals surface area contributed by atoms with Gasteiger partial charge in [0.05, 0.1) is 18.3 Å². The van der Waals surface area contributed by atoms with Gasteiger partial charge < -0.3 is 15.0 Å². The van der Waals surface area contributed by atoms with E-state index < -0.39 is 0 Å². The minimum Gasteiger partial charge on any atom is -0.497 e. The SMILES string of the molecule is COc1cc(NCCCCCCN(C)C)c2ncccc2c1. The fourth-order valence-corrected chi connectivity index (χ4v) is 2.55. The third-order valence-electron chi connectivity index (χ3n) is 3.76. The Bertz CT molecular complexity index is 584. The summed E-state index contributed by atoms with van der Waals surface area (Å²) in [6.45, 7) is 2.15. The first-order valence-corrected chi connectivity index (χ1v) is 8.02. The molecule has 0 aliphatic carbocycles. The van der Waals surface area contributed by atoms with Crippen LogP contribution < -0.4 is 10.1 Å². The second kappa shape index (κ2) is 8.59. The van der Waals surface area contributed by atoms with E-state index in [1.807, 2.05) is 24.4 Å². The predicted octanol–water partition coefficient (Wildman–Crippen LogP) is 3.78. The van der Waals surface area contributed by atoms with Crippen molar-refractivity contribution >= 4 is 16.6 Å². The van der Waals surface area contributed by atoms with Gasteiger partial charge >= 0.3 is 0 Å². The number of anilines is 1. The van der Waals surface area contributed by atoms with Gasteiger partial charge in [0.2, 0.25) is 0 Å². The molecule has 0 atom stereocenters. The molecule has 0 saturated carbocycles. The summed E-state index contributed by atoms with van der Waals surface area (Å²) < 4.78 is 5.37. The predicted molar refractivity (Wildman–Crippen MR) is 93.8 cm³/mol. The van der Waals surface area contributed by atoms with E-state index in [-0.39, 0.29) is 0 Å². The third kappa shape index (κ3) is 4.88. The number of ether oxygens (including phenoxy) is 1. The van der Waals surface area contributed by atoms with Crippen molar-refractivity contribution in [3.8, 4) is 5.75 Å². The highest BCUT2D eigenvalue weighted by Crippen LogP contribution is 2.27. The van der Waals surface area contributed by atoms with Crippen molar-refractivity contribution in [2.24, 2.45) is 0 Å². The smallest absolute Gasteiger partial charge is 0.121 e. The Kier molecular flexibility index (Phi) is 6.46. The van der Waals surface area contributed by atoms with Gasteiger partial charge in [-0.05, 0) is 45.6 Å². The van der Waals surface area contributed by atoms with Crippen LogP contribution in [0.5, 0.6) is 5.75 Å². The van der Waals surface area contributed by atoms with Crippen LogP contribution in [0, 0.1) is 0 Å². The average Bonchev–Trinajstić information content (AvgIpc) is 2.53. The van der Waals surface area contributed by atoms with Crippen LogP contribution in [-0.2, 0) is 0 Å². The highest BCUT2D eigenvalue weighted by molar-refractivity contribution is 5.91. The molecule has 0 radical (unpaired) electrons. The van der Waals surface area contributed by atoms with Crippen LogP contribution in [-0.4, -0.2) is 44.2 Å². The number of pyridine rings is 1. The van der Waals surface area contributed by atoms with Gasteiger partial charge in [-0.3, -0.25) is 4.98 Å². The molecule has 0 amide bonds. The molecule has 22 heavy (non-hydrogen) atoms. The molecular weight excluding hydrogens is 274 g/mol. The van der Waals surface area contributed by atoms with Crippen LogP contribution >= 0.6 is 0 Å². The number of fused-ring (bicyclic) bond motifs is 1. The molecule has 1 aromatic carbocycles. The number of benzene rings is 1. The summed E-state index contributed by atoms with van der Waals surface area (Å²) in [4.78, 5) is 6.72. The molecule has 2 rings (SSSR count). The lowest BCUT2D eigenvalue weighted by atomic mass is 10.1. The molecule has 1 aromatic heterocycles. The lowest BCUT2D eigenvalue weighted by Crippen LogP contribution is -2.12. The molecule has 0 spiro atoms. The zero-order valence-electron chi connectivity index (χ0n) is 13.9. The molecule has 0 fully saturated rings. The monoisotopic (exact) mass is 301 g/mol. The zero-order valence-corrected chi connectivity index (χ0v) is 13.9. The van der Waals surface area contributed by atoms with Gasteiger partial charge in [0.1, 0.15) is 5.75 Å². The standard InChI is InChI=1S/C18H27N3O/c1-21(2)12-7-5-4-6-10-19-17-14-16(22-3)13-15-9-8-11-20-18(15)17/h8-9,11,13-14,19H,4-7,10,12H2,1-3H3. The summed E-state index contributed by atoms with van der Waals surface area (Å²) in [5, 5.41) is 4.62. The quantitative estimate of drug-likeness (QED) is 0.715. The van der Waals surface area contributed by atoms with E-state index in [1.54, 1.807) is 7.11 Å². The normalized spacial score (nSPS) is 11.1. The van der Waals surface area contributed by atoms with E-state index in [0.29, 0.717) is 0 Å². The first kappa shape index (κ1) is 16.6. The average molecular weight is 301 g/mol. The third-order valence-corrected chi connectivity index (χ3v) is 3.76. The Balaban J connectivity index is 1.86. The minimum atomic E-state index is 0.869. The molecule has 4 heteroatoms. The van der Waals surface area contributed by atoms with Gasteiger partial charge in [0.25, 0.3) is 0 Å². The highest BCUT2D eigenvalue weighted by atomic mass is 16.5. The molecule has 4 nitrogen and oxygen atoms in total. The lowest BCUT2D eigenvalue weighted by molar-refractivity contribution is 0.391. The Morgan fingerprint density at radius 3 is 2.73 bits per heavy atom. The molecule has 2 aromatic rings. The molecule has 1 heterocycles. The van der Waals surface area contributed by atoms with Crippen molar-refractivity contribution in [3.63, 3.8) is 0 Å². The van der Waals surface area contributed by atoms with E-state index in [0.717, 1.165) is 28.9 Å². The van der Waals surface area contributed by atoms with Gasteiger partial charge in [-0.1, -0.05) is 18.9 Å². The maximum absolute atomic E-state index is 5.37. The van der Waals surface area contributed by atoms with Crippen molar-refractivity contribution in [1.82, 2.24) is 9.88 Å². The number of unbranched alkanes of at least 4 members (excludes halogenated alkanes) is 3. The molecule has 1 N–H and O–H groups in total. The van der Waals surface area contributed by atoms with Gasteiger partial charge in [-0.25, -0.2) is 0 Å². The Morgan fingerprint density at radius 1 is 1.14 bits per heavy atom. The lowest BCUT2D eigenvalue weighted by Gasteiger charge is -2.12. The molecule has 0 bridgehead atoms. The van der Waals surface area contributed by atoms with Crippen LogP contribution in [0.1, 0.15) is 25.7 Å². The number of aromatic nitrogens is 1. The molecule has 0 aliphatic heterocycles. The molecule has 0 aliphatic rings. The zero-order chi connectivity index (χ0) is 15.8. The van der Waals surface area contributed by atoms with Crippen LogP contribution in [0.2, 0.25) is 0 Å². The molecule has 120 valence electrons. The summed E-state index contributed by atoms with van der Waals surface area (Å²) in [7, 11) is 5.96. The summed E-state index contributed by atoms with van der Waals surface area (Å²) in [6, 6.07) is 8.07. The van der Waals surface area contributed by atoms with Crippen LogP contribution in [0.4, 0.5) is 5.69 Å². The van der Waals surface area contributed by atoms with Crippen LogP contribution in [0.25, 0.3) is 10.9 Å². The topological polar surface area (TPSA) is 37.4 Å². The maximum Gasteiger partial charge on any atom is 0.121 e. The second-order valence-corrected chi connectivity index (χ2v) is 5.89. The van der Waals surface area contributed by atoms with E-state index in [2.05, 4.69) is 35.4 Å². The minimum absolute atomic E-state index is 0.869. The number of methoxy groups -OCH3 is 1. The number of hydrogen-bond acceptors (Lipinski definition) is 4. The second-order valence-electron chi connectivity index (χ2n) is 5.89. The number of hydrogen-bond donors (Lipinski definition) is 1. The number of rotatable bonds is 9. The van der Waals surface area contributed by atoms with Crippen molar-refractivity contribution < 1.29 is 4.74 Å². The van der Waals surface area contributed by atoms with Crippen LogP contribution in [0.3, 0.4) is 0 Å². The van der Waals surface area contributed by atoms with Crippen LogP contribution in [0.15, 0.2) is 30.5 Å². The number of nitrogens with zero attached hydrogens (tertiary/aromatic N) is 2. The first-order valence-electron chi connectivity index (χ1n) is 8.02. The first-order chi connectivity index (χ1) is 10.7. The van der Waals surface area contributed by atoms with Gasteiger partial charge in [-0.2, -0.15) is 0 Å². The summed E-state index contributed by atoms with van der Waals surface area (Å²) in [5.41, 5.74) is 2.07. The summed E-state index contributed by atoms with van der Waals surface area (Å²) in [6.07, 6.45) is 6.84. The maximum atomic E-state index is 5.37. The van der Waals surface area contributed by atoms with E-state index in [4.69, 9.17) is 4.74 Å². The van der Waals surface area contributed by atoms with Crippen molar-refractivity contribution in [2.45, 2.75) is 25.7 Å². The Labute approximate surface area is 133 Å². The summed E-state index contributed by atoms with van der Waals surface area (Å²) >= 11 is 0. The Morgan fingerprint density at radius 2 is 1.95 bits per heavy atom. The van der Waals surface area contributed by atoms with Gasteiger partial charge in [-0.15, -0.1) is 0 Å². The Hall–Kier alpha value is -1.81. The van der Waals surface area contributed by atoms with Gasteiger partial charge in [0.15, 0.2) is 0 Å². The van der Waals surface area contributed by atoms with E-state index in [9.17, 15) is 0 Å². The van der Waals surface area contributed by atoms with Crippen molar-refractivity contribution in [3.05, 3.63) is 30.5 Å². The summed E-state index contributed by atoms with van der Waals surface area (Å²) in [5.74, 6) is 0.869. The molecular formula is C18H27N3O. The van der Waals surface area contributed by atoms with E-state index in [1.165, 1.54) is 32.2 Å². The fourth-order valence-electron chi connectivity index (χ4n) is 2.55. The van der Waals surface area contributed by atoms with Crippen molar-refractivity contribution in [1.29, 1.82) is 0 Å². The number of nitrogens with one attached hydrogen (secondary N) is 1. The fraction of sp³-hybridized carbons (Fsp3) is 0.500. The highest BCUT2D eigenvalue weighted by Gasteiger charge is 2.05. The van der Waals surface area contributed by atoms with Crippen molar-refractivity contribution in [2.75, 3.05) is 39.6 Å². The molecule has 0 saturated heterocycles. The largest absolute Gasteiger partial charge is 0.497 e. The van der Waals surface area contributed by atoms with E-state index >= 15 is 0 Å². The molecule has 0 unspecified atom stereocenters.